The molecule has 2 aromatic carbocycles. The van der Waals surface area contributed by atoms with Gasteiger partial charge in [-0.25, -0.2) is 13.1 Å². The minimum atomic E-state index is -3.35. The van der Waals surface area contributed by atoms with Crippen LogP contribution < -0.4 is 5.32 Å². The first-order valence-electron chi connectivity index (χ1n) is 13.4. The zero-order valence-corrected chi connectivity index (χ0v) is 25.5. The molecule has 0 amide bonds. The number of halogens is 2. The van der Waals surface area contributed by atoms with E-state index in [1.165, 1.54) is 5.57 Å². The lowest BCUT2D eigenvalue weighted by Gasteiger charge is -2.32. The predicted molar refractivity (Wildman–Crippen MR) is 162 cm³/mol. The van der Waals surface area contributed by atoms with Crippen molar-refractivity contribution in [3.63, 3.8) is 0 Å². The van der Waals surface area contributed by atoms with Gasteiger partial charge in [0.25, 0.3) is 0 Å². The summed E-state index contributed by atoms with van der Waals surface area (Å²) in [7, 11) is -3.35. The minimum absolute atomic E-state index is 0.0685. The van der Waals surface area contributed by atoms with Crippen LogP contribution in [0.25, 0.3) is 11.4 Å². The Morgan fingerprint density at radius 3 is 2.51 bits per heavy atom. The Labute approximate surface area is 244 Å². The average Bonchev–Trinajstić information content (AvgIpc) is 3.27. The standard InChI is InChI=1S/C30H34BrClN4O2S/c1-21-11-12-28-26(31)19-34-36(28)30(17-25(21)24-8-4-5-9-27(24)32)33-18-23-13-15-35(16-14-23)20-39(37,38)29-10-6-3-7-22(29)2/h3-10,17,19,23,33H,11-16,18,20H2,1-2H3/b25-21-,30-17-. The largest absolute Gasteiger partial charge is 0.370 e. The second-order valence-electron chi connectivity index (χ2n) is 10.5. The summed E-state index contributed by atoms with van der Waals surface area (Å²) in [5, 5.41) is 9.10. The first-order valence-corrected chi connectivity index (χ1v) is 16.2. The van der Waals surface area contributed by atoms with E-state index in [4.69, 9.17) is 11.6 Å². The molecular formula is C30H34BrClN4O2S. The molecule has 0 atom stereocenters. The molecule has 0 saturated carbocycles. The molecular weight excluding hydrogens is 596 g/mol. The molecule has 206 valence electrons. The van der Waals surface area contributed by atoms with Gasteiger partial charge in [0.2, 0.25) is 0 Å². The number of nitrogens with zero attached hydrogens (tertiary/aromatic N) is 3. The molecule has 2 aliphatic rings. The van der Waals surface area contributed by atoms with E-state index in [1.54, 1.807) is 12.1 Å². The van der Waals surface area contributed by atoms with Gasteiger partial charge in [0.05, 0.1) is 21.3 Å². The van der Waals surface area contributed by atoms with Gasteiger partial charge in [-0.05, 0) is 104 Å². The van der Waals surface area contributed by atoms with Crippen molar-refractivity contribution in [2.24, 2.45) is 5.92 Å². The van der Waals surface area contributed by atoms with Crippen molar-refractivity contribution < 1.29 is 8.42 Å². The van der Waals surface area contributed by atoms with Gasteiger partial charge in [0.15, 0.2) is 9.84 Å². The van der Waals surface area contributed by atoms with Crippen LogP contribution in [-0.2, 0) is 16.3 Å². The quantitative estimate of drug-likeness (QED) is 0.321. The molecule has 39 heavy (non-hydrogen) atoms. The van der Waals surface area contributed by atoms with Crippen LogP contribution in [0.4, 0.5) is 0 Å². The molecule has 3 aromatic rings. The predicted octanol–water partition coefficient (Wildman–Crippen LogP) is 6.56. The maximum Gasteiger partial charge on any atom is 0.191 e. The third kappa shape index (κ3) is 6.35. The average molecular weight is 630 g/mol. The molecule has 1 aromatic heterocycles. The number of benzene rings is 2. The smallest absolute Gasteiger partial charge is 0.191 e. The molecule has 1 N–H and O–H groups in total. The summed E-state index contributed by atoms with van der Waals surface area (Å²) >= 11 is 10.3. The summed E-state index contributed by atoms with van der Waals surface area (Å²) in [4.78, 5) is 2.50. The number of sulfone groups is 1. The van der Waals surface area contributed by atoms with Crippen LogP contribution in [-0.4, -0.2) is 48.6 Å². The summed E-state index contributed by atoms with van der Waals surface area (Å²) in [6.07, 6.45) is 7.68. The van der Waals surface area contributed by atoms with Gasteiger partial charge < -0.3 is 5.32 Å². The molecule has 0 radical (unpaired) electrons. The number of hydrogen-bond donors (Lipinski definition) is 1. The van der Waals surface area contributed by atoms with E-state index in [1.807, 2.05) is 48.1 Å². The van der Waals surface area contributed by atoms with Gasteiger partial charge in [0, 0.05) is 17.1 Å². The highest BCUT2D eigenvalue weighted by atomic mass is 79.9. The molecule has 5 rings (SSSR count). The van der Waals surface area contributed by atoms with Crippen LogP contribution >= 0.6 is 27.5 Å². The zero-order valence-electron chi connectivity index (χ0n) is 22.3. The molecule has 2 aliphatic heterocycles. The fraction of sp³-hybridized carbons (Fsp3) is 0.367. The maximum atomic E-state index is 13.0. The van der Waals surface area contributed by atoms with Crippen molar-refractivity contribution in [3.05, 3.63) is 92.7 Å². The van der Waals surface area contributed by atoms with Crippen molar-refractivity contribution in [2.75, 3.05) is 25.5 Å². The third-order valence-electron chi connectivity index (χ3n) is 7.75. The van der Waals surface area contributed by atoms with Crippen molar-refractivity contribution in [1.82, 2.24) is 20.0 Å². The fourth-order valence-corrected chi connectivity index (χ4v) is 7.86. The normalized spacial score (nSPS) is 20.6. The van der Waals surface area contributed by atoms with Crippen LogP contribution in [0.5, 0.6) is 0 Å². The highest BCUT2D eigenvalue weighted by molar-refractivity contribution is 9.10. The summed E-state index contributed by atoms with van der Waals surface area (Å²) in [6.45, 7) is 6.34. The van der Waals surface area contributed by atoms with Crippen molar-refractivity contribution >= 4 is 48.8 Å². The lowest BCUT2D eigenvalue weighted by Crippen LogP contribution is -2.40. The van der Waals surface area contributed by atoms with E-state index < -0.39 is 9.84 Å². The SMILES string of the molecule is C/C1=C(c2ccccc2Cl)\C=C(\NCC2CCN(CS(=O)(=O)c3ccccc3C)CC2)n2ncc(Br)c2CC1. The van der Waals surface area contributed by atoms with Crippen molar-refractivity contribution in [3.8, 4) is 0 Å². The summed E-state index contributed by atoms with van der Waals surface area (Å²) in [5.74, 6) is 1.43. The topological polar surface area (TPSA) is 67.2 Å². The van der Waals surface area contributed by atoms with E-state index in [0.717, 1.165) is 83.0 Å². The summed E-state index contributed by atoms with van der Waals surface area (Å²) in [6, 6.07) is 15.2. The second-order valence-corrected chi connectivity index (χ2v) is 13.7. The highest BCUT2D eigenvalue weighted by Gasteiger charge is 2.26. The molecule has 1 saturated heterocycles. The number of likely N-dealkylation sites (tertiary alicyclic amines) is 1. The minimum Gasteiger partial charge on any atom is -0.370 e. The fourth-order valence-electron chi connectivity index (χ4n) is 5.45. The second kappa shape index (κ2) is 12.0. The van der Waals surface area contributed by atoms with E-state index >= 15 is 0 Å². The molecule has 1 fully saturated rings. The van der Waals surface area contributed by atoms with Gasteiger partial charge in [-0.1, -0.05) is 53.6 Å². The number of hydrogen-bond acceptors (Lipinski definition) is 5. The van der Waals surface area contributed by atoms with Crippen molar-refractivity contribution in [1.29, 1.82) is 0 Å². The number of allylic oxidation sites excluding steroid dienone is 3. The Hall–Kier alpha value is -2.39. The Morgan fingerprint density at radius 1 is 1.05 bits per heavy atom. The third-order valence-corrected chi connectivity index (χ3v) is 10.6. The molecule has 0 unspecified atom stereocenters. The molecule has 0 spiro atoms. The van der Waals surface area contributed by atoms with Gasteiger partial charge in [0.1, 0.15) is 11.7 Å². The highest BCUT2D eigenvalue weighted by Crippen LogP contribution is 2.33. The molecule has 3 heterocycles. The number of aryl methyl sites for hydroxylation is 1. The molecule has 0 aliphatic carbocycles. The lowest BCUT2D eigenvalue weighted by atomic mass is 9.95. The van der Waals surface area contributed by atoms with Crippen molar-refractivity contribution in [2.45, 2.75) is 44.4 Å². The molecule has 0 bridgehead atoms. The first-order chi connectivity index (χ1) is 18.7. The zero-order chi connectivity index (χ0) is 27.6. The summed E-state index contributed by atoms with van der Waals surface area (Å²) < 4.78 is 29.1. The van der Waals surface area contributed by atoms with Gasteiger partial charge in [-0.2, -0.15) is 5.10 Å². The van der Waals surface area contributed by atoms with Crippen LogP contribution in [0.2, 0.25) is 5.02 Å². The van der Waals surface area contributed by atoms with E-state index in [9.17, 15) is 8.42 Å². The number of aromatic nitrogens is 2. The number of piperidine rings is 1. The van der Waals surface area contributed by atoms with E-state index in [0.29, 0.717) is 10.8 Å². The maximum absolute atomic E-state index is 13.0. The Morgan fingerprint density at radius 2 is 1.77 bits per heavy atom. The first kappa shape index (κ1) is 28.1. The Kier molecular flexibility index (Phi) is 8.66. The van der Waals surface area contributed by atoms with Crippen LogP contribution in [0.15, 0.2) is 75.7 Å². The van der Waals surface area contributed by atoms with Crippen LogP contribution in [0.1, 0.15) is 43.0 Å². The number of nitrogens with one attached hydrogen (secondary N) is 1. The monoisotopic (exact) mass is 628 g/mol. The van der Waals surface area contributed by atoms with E-state index in [-0.39, 0.29) is 5.88 Å². The van der Waals surface area contributed by atoms with Gasteiger partial charge >= 0.3 is 0 Å². The van der Waals surface area contributed by atoms with Gasteiger partial charge in [-0.15, -0.1) is 0 Å². The molecule has 6 nitrogen and oxygen atoms in total. The van der Waals surface area contributed by atoms with Crippen LogP contribution in [0, 0.1) is 12.8 Å². The lowest BCUT2D eigenvalue weighted by molar-refractivity contribution is 0.208. The molecule has 9 heteroatoms. The Balaban J connectivity index is 1.29. The Bertz CT molecular complexity index is 1520. The number of fused-ring (bicyclic) bond motifs is 1. The van der Waals surface area contributed by atoms with Crippen LogP contribution in [0.3, 0.4) is 0 Å². The summed E-state index contributed by atoms with van der Waals surface area (Å²) in [5.41, 5.74) is 5.37. The number of rotatable bonds is 7. The van der Waals surface area contributed by atoms with E-state index in [2.05, 4.69) is 50.3 Å². The van der Waals surface area contributed by atoms with Gasteiger partial charge in [-0.3, -0.25) is 4.90 Å².